The molecule has 0 spiro atoms. The first-order valence-corrected chi connectivity index (χ1v) is 3.88. The van der Waals surface area contributed by atoms with Crippen molar-refractivity contribution in [2.24, 2.45) is 0 Å². The summed E-state index contributed by atoms with van der Waals surface area (Å²) in [5.41, 5.74) is -1.50. The van der Waals surface area contributed by atoms with Gasteiger partial charge in [0.15, 0.2) is 23.3 Å². The third-order valence-electron chi connectivity index (χ3n) is 1.41. The number of hydrogen-bond acceptors (Lipinski definition) is 1. The van der Waals surface area contributed by atoms with Gasteiger partial charge in [0.1, 0.15) is 5.56 Å². The van der Waals surface area contributed by atoms with Crippen molar-refractivity contribution in [1.82, 2.24) is 0 Å². The van der Waals surface area contributed by atoms with Crippen LogP contribution in [-0.4, -0.2) is 4.69 Å². The Morgan fingerprint density at radius 2 is 1.07 bits per heavy atom. The molecule has 1 aromatic rings. The molecule has 0 fully saturated rings. The van der Waals surface area contributed by atoms with Crippen LogP contribution in [0.25, 0.3) is 0 Å². The van der Waals surface area contributed by atoms with Crippen LogP contribution in [0.3, 0.4) is 0 Å². The molecule has 0 atom stereocenters. The topological polar surface area (TPSA) is 17.1 Å². The summed E-state index contributed by atoms with van der Waals surface area (Å²) in [6.07, 6.45) is 0. The zero-order valence-electron chi connectivity index (χ0n) is 6.18. The van der Waals surface area contributed by atoms with E-state index in [1.54, 1.807) is 0 Å². The van der Waals surface area contributed by atoms with Gasteiger partial charge in [0, 0.05) is 0 Å². The second kappa shape index (κ2) is 3.64. The first-order chi connectivity index (χ1) is 6.37. The van der Waals surface area contributed by atoms with E-state index in [1.165, 1.54) is 0 Å². The highest BCUT2D eigenvalue weighted by atomic mass is 79.9. The zero-order valence-corrected chi connectivity index (χ0v) is 7.76. The van der Waals surface area contributed by atoms with Crippen LogP contribution in [0, 0.1) is 29.1 Å². The van der Waals surface area contributed by atoms with Crippen LogP contribution < -0.4 is 0 Å². The van der Waals surface area contributed by atoms with Crippen molar-refractivity contribution >= 4 is 20.6 Å². The predicted octanol–water partition coefficient (Wildman–Crippen LogP) is 2.92. The van der Waals surface area contributed by atoms with Gasteiger partial charge < -0.3 is 0 Å². The molecule has 0 saturated carbocycles. The van der Waals surface area contributed by atoms with E-state index in [0.717, 1.165) is 0 Å². The number of halogens is 6. The van der Waals surface area contributed by atoms with E-state index in [9.17, 15) is 26.7 Å². The van der Waals surface area contributed by atoms with Crippen LogP contribution in [0.5, 0.6) is 0 Å². The third-order valence-corrected chi connectivity index (χ3v) is 1.80. The van der Waals surface area contributed by atoms with Gasteiger partial charge in [-0.2, -0.15) is 0 Å². The number of carbonyl (C=O) groups is 1. The van der Waals surface area contributed by atoms with Crippen LogP contribution in [0.2, 0.25) is 0 Å². The maximum absolute atomic E-state index is 12.7. The van der Waals surface area contributed by atoms with Crippen LogP contribution in [0.1, 0.15) is 10.4 Å². The lowest BCUT2D eigenvalue weighted by Crippen LogP contribution is -2.08. The fourth-order valence-electron chi connectivity index (χ4n) is 0.777. The second-order valence-corrected chi connectivity index (χ2v) is 2.94. The van der Waals surface area contributed by atoms with Gasteiger partial charge in [-0.3, -0.25) is 4.79 Å². The molecule has 0 aliphatic rings. The summed E-state index contributed by atoms with van der Waals surface area (Å²) in [6, 6.07) is 0. The van der Waals surface area contributed by atoms with Gasteiger partial charge in [0.2, 0.25) is 10.5 Å². The summed E-state index contributed by atoms with van der Waals surface area (Å²) in [7, 11) is 0. The maximum atomic E-state index is 12.7. The third kappa shape index (κ3) is 1.52. The smallest absolute Gasteiger partial charge is 0.234 e. The number of carbonyl (C=O) groups excluding carboxylic acids is 1. The van der Waals surface area contributed by atoms with Crippen LogP contribution in [0.4, 0.5) is 22.0 Å². The van der Waals surface area contributed by atoms with E-state index in [1.807, 2.05) is 0 Å². The summed E-state index contributed by atoms with van der Waals surface area (Å²) in [5, 5.41) is 0. The van der Waals surface area contributed by atoms with Crippen LogP contribution in [-0.2, 0) is 0 Å². The first kappa shape index (κ1) is 11.1. The molecular formula is C7BrF5O. The van der Waals surface area contributed by atoms with E-state index >= 15 is 0 Å². The van der Waals surface area contributed by atoms with E-state index in [4.69, 9.17) is 0 Å². The molecule has 0 saturated heterocycles. The van der Waals surface area contributed by atoms with Crippen LogP contribution in [0.15, 0.2) is 0 Å². The standard InChI is InChI=1S/C7BrF5O/c8-7(14)1-2(9)4(11)6(13)5(12)3(1)10. The van der Waals surface area contributed by atoms with Crippen LogP contribution >= 0.6 is 15.9 Å². The van der Waals surface area contributed by atoms with Gasteiger partial charge in [-0.05, 0) is 15.9 Å². The highest BCUT2D eigenvalue weighted by molar-refractivity contribution is 9.18. The molecule has 1 aromatic carbocycles. The summed E-state index contributed by atoms with van der Waals surface area (Å²) in [6.45, 7) is 0. The van der Waals surface area contributed by atoms with Crippen molar-refractivity contribution < 1.29 is 26.7 Å². The summed E-state index contributed by atoms with van der Waals surface area (Å²) >= 11 is 2.10. The van der Waals surface area contributed by atoms with Gasteiger partial charge >= 0.3 is 0 Å². The predicted molar refractivity (Wildman–Crippen MR) is 39.5 cm³/mol. The Bertz CT molecular complexity index is 388. The Morgan fingerprint density at radius 1 is 0.786 bits per heavy atom. The quantitative estimate of drug-likeness (QED) is 0.333. The minimum atomic E-state index is -2.29. The molecule has 0 aliphatic carbocycles. The van der Waals surface area contributed by atoms with Crippen molar-refractivity contribution in [3.05, 3.63) is 34.6 Å². The molecule has 14 heavy (non-hydrogen) atoms. The molecule has 0 aliphatic heterocycles. The molecule has 0 bridgehead atoms. The van der Waals surface area contributed by atoms with E-state index in [0.29, 0.717) is 0 Å². The molecular weight excluding hydrogens is 275 g/mol. The monoisotopic (exact) mass is 274 g/mol. The SMILES string of the molecule is O=C(Br)c1c(F)c(F)c(F)c(F)c1F. The molecule has 0 amide bonds. The number of benzene rings is 1. The second-order valence-electron chi connectivity index (χ2n) is 2.22. The first-order valence-electron chi connectivity index (χ1n) is 3.09. The lowest BCUT2D eigenvalue weighted by Gasteiger charge is -2.03. The van der Waals surface area contributed by atoms with Crippen molar-refractivity contribution in [2.45, 2.75) is 0 Å². The lowest BCUT2D eigenvalue weighted by atomic mass is 10.2. The van der Waals surface area contributed by atoms with E-state index in [-0.39, 0.29) is 0 Å². The summed E-state index contributed by atoms with van der Waals surface area (Å²) in [4.78, 5) is 10.5. The van der Waals surface area contributed by atoms with Gasteiger partial charge in [0.05, 0.1) is 0 Å². The van der Waals surface area contributed by atoms with Gasteiger partial charge in [-0.25, -0.2) is 22.0 Å². The van der Waals surface area contributed by atoms with Gasteiger partial charge in [-0.1, -0.05) is 0 Å². The number of hydrogen-bond donors (Lipinski definition) is 0. The Morgan fingerprint density at radius 3 is 1.36 bits per heavy atom. The molecule has 1 nitrogen and oxygen atoms in total. The average Bonchev–Trinajstić information content (AvgIpc) is 2.11. The van der Waals surface area contributed by atoms with Crippen molar-refractivity contribution in [2.75, 3.05) is 0 Å². The average molecular weight is 275 g/mol. The fourth-order valence-corrected chi connectivity index (χ4v) is 1.13. The minimum Gasteiger partial charge on any atom is -0.281 e. The van der Waals surface area contributed by atoms with E-state index in [2.05, 4.69) is 15.9 Å². The van der Waals surface area contributed by atoms with Crippen molar-refractivity contribution in [3.63, 3.8) is 0 Å². The van der Waals surface area contributed by atoms with Gasteiger partial charge in [0.25, 0.3) is 0 Å². The van der Waals surface area contributed by atoms with E-state index < -0.39 is 39.3 Å². The highest BCUT2D eigenvalue weighted by Crippen LogP contribution is 2.24. The molecule has 0 unspecified atom stereocenters. The maximum Gasteiger partial charge on any atom is 0.234 e. The molecule has 0 heterocycles. The number of rotatable bonds is 1. The zero-order chi connectivity index (χ0) is 11.0. The van der Waals surface area contributed by atoms with Gasteiger partial charge in [-0.15, -0.1) is 0 Å². The molecule has 0 radical (unpaired) electrons. The fraction of sp³-hybridized carbons (Fsp3) is 0. The Balaban J connectivity index is 3.68. The Kier molecular flexibility index (Phi) is 2.89. The molecule has 1 rings (SSSR count). The normalized spacial score (nSPS) is 10.4. The molecule has 76 valence electrons. The van der Waals surface area contributed by atoms with Crippen molar-refractivity contribution in [1.29, 1.82) is 0 Å². The largest absolute Gasteiger partial charge is 0.281 e. The van der Waals surface area contributed by atoms with Crippen molar-refractivity contribution in [3.8, 4) is 0 Å². The Labute approximate surface area is 82.7 Å². The molecule has 0 aromatic heterocycles. The Hall–Kier alpha value is -0.980. The summed E-state index contributed by atoms with van der Waals surface area (Å²) in [5.74, 6) is -10.9. The lowest BCUT2D eigenvalue weighted by molar-refractivity contribution is 0.108. The summed E-state index contributed by atoms with van der Waals surface area (Å²) < 4.78 is 61.2. The molecule has 7 heteroatoms. The molecule has 0 N–H and O–H groups in total. The highest BCUT2D eigenvalue weighted by Gasteiger charge is 2.28. The minimum absolute atomic E-state index is 1.41.